The first-order chi connectivity index (χ1) is 12.9. The van der Waals surface area contributed by atoms with E-state index in [2.05, 4.69) is 0 Å². The Labute approximate surface area is 172 Å². The fraction of sp³-hybridized carbons (Fsp3) is 0.556. The van der Waals surface area contributed by atoms with Crippen LogP contribution in [0.4, 0.5) is 4.79 Å². The number of halogens is 1. The Morgan fingerprint density at radius 3 is 2.36 bits per heavy atom. The van der Waals surface area contributed by atoms with Crippen LogP contribution in [0.25, 0.3) is 0 Å². The number of esters is 1. The molecule has 0 fully saturated rings. The molecule has 0 N–H and O–H groups in total. The van der Waals surface area contributed by atoms with Gasteiger partial charge in [0.15, 0.2) is 9.84 Å². The van der Waals surface area contributed by atoms with Gasteiger partial charge in [-0.15, -0.1) is 11.6 Å². The average molecular weight is 430 g/mol. The number of hydrogen-bond acceptors (Lipinski definition) is 6. The van der Waals surface area contributed by atoms with Crippen molar-refractivity contribution in [1.29, 1.82) is 0 Å². The van der Waals surface area contributed by atoms with Gasteiger partial charge in [-0.2, -0.15) is 0 Å². The van der Waals surface area contributed by atoms with Crippen LogP contribution in [-0.2, 0) is 24.1 Å². The van der Waals surface area contributed by atoms with Crippen molar-refractivity contribution in [3.05, 3.63) is 30.3 Å². The molecule has 0 aromatic heterocycles. The molecule has 2 radical (unpaired) electrons. The van der Waals surface area contributed by atoms with Gasteiger partial charge < -0.3 is 14.3 Å². The number of hydrogen-bond donors (Lipinski definition) is 0. The largest absolute Gasteiger partial charge is 0.460 e. The Hall–Kier alpha value is -1.74. The minimum absolute atomic E-state index is 0.0680. The van der Waals surface area contributed by atoms with Gasteiger partial charge in [0.05, 0.1) is 16.7 Å². The van der Waals surface area contributed by atoms with Gasteiger partial charge in [0.2, 0.25) is 7.98 Å². The summed E-state index contributed by atoms with van der Waals surface area (Å²) in [6.07, 6.45) is -1.44. The maximum Gasteiger partial charge on any atom is 0.397 e. The zero-order chi connectivity index (χ0) is 21.4. The number of carbonyl (C=O) groups is 2. The van der Waals surface area contributed by atoms with E-state index in [9.17, 15) is 18.0 Å². The van der Waals surface area contributed by atoms with E-state index in [0.29, 0.717) is 4.81 Å². The van der Waals surface area contributed by atoms with E-state index in [4.69, 9.17) is 29.1 Å². The first-order valence-electron chi connectivity index (χ1n) is 8.73. The zero-order valence-electron chi connectivity index (χ0n) is 16.3. The third-order valence-corrected chi connectivity index (χ3v) is 5.52. The fourth-order valence-electron chi connectivity index (χ4n) is 2.27. The number of ether oxygens (including phenoxy) is 2. The lowest BCUT2D eigenvalue weighted by Crippen LogP contribution is -2.34. The number of nitrogens with zero attached hydrogens (tertiary/aromatic N) is 1. The second-order valence-electron chi connectivity index (χ2n) is 7.17. The number of carbonyl (C=O) groups excluding carboxylic acids is 2. The van der Waals surface area contributed by atoms with Gasteiger partial charge in [-0.3, -0.25) is 4.79 Å². The zero-order valence-corrected chi connectivity index (χ0v) is 17.8. The van der Waals surface area contributed by atoms with Crippen LogP contribution in [0, 0.1) is 0 Å². The summed E-state index contributed by atoms with van der Waals surface area (Å²) in [4.78, 5) is 24.5. The van der Waals surface area contributed by atoms with Gasteiger partial charge in [0, 0.05) is 6.42 Å². The quantitative estimate of drug-likeness (QED) is 0.259. The summed E-state index contributed by atoms with van der Waals surface area (Å²) in [6, 6.07) is 7.52. The highest BCUT2D eigenvalue weighted by molar-refractivity contribution is 7.91. The lowest BCUT2D eigenvalue weighted by molar-refractivity contribution is -0.155. The van der Waals surface area contributed by atoms with Crippen LogP contribution in [0.1, 0.15) is 40.0 Å². The third-order valence-electron chi connectivity index (χ3n) is 3.47. The van der Waals surface area contributed by atoms with Gasteiger partial charge in [-0.05, 0) is 45.7 Å². The van der Waals surface area contributed by atoms with Gasteiger partial charge in [0.1, 0.15) is 11.7 Å². The highest BCUT2D eigenvalue weighted by Gasteiger charge is 2.26. The van der Waals surface area contributed by atoms with Crippen molar-refractivity contribution in [3.63, 3.8) is 0 Å². The molecular weight excluding hydrogens is 405 g/mol. The summed E-state index contributed by atoms with van der Waals surface area (Å²) in [5, 5.41) is 0. The molecule has 0 aliphatic rings. The van der Waals surface area contributed by atoms with Gasteiger partial charge in [-0.1, -0.05) is 18.2 Å². The topological polar surface area (TPSA) is 90.0 Å². The summed E-state index contributed by atoms with van der Waals surface area (Å²) < 4.78 is 35.6. The SMILES string of the molecule is [B]N(CCl)C(=O)OC(CCCC(=O)OC(C)(C)C)CS(=O)(=O)c1ccccc1. The monoisotopic (exact) mass is 429 g/mol. The lowest BCUT2D eigenvalue weighted by atomic mass is 10.1. The molecule has 0 bridgehead atoms. The normalized spacial score (nSPS) is 12.9. The summed E-state index contributed by atoms with van der Waals surface area (Å²) >= 11 is 5.49. The highest BCUT2D eigenvalue weighted by Crippen LogP contribution is 2.17. The van der Waals surface area contributed by atoms with Crippen LogP contribution in [0.2, 0.25) is 0 Å². The first-order valence-corrected chi connectivity index (χ1v) is 10.9. The van der Waals surface area contributed by atoms with Gasteiger partial charge in [0.25, 0.3) is 0 Å². The molecule has 28 heavy (non-hydrogen) atoms. The molecule has 1 aromatic rings. The minimum Gasteiger partial charge on any atom is -0.460 e. The summed E-state index contributed by atoms with van der Waals surface area (Å²) in [7, 11) is 1.69. The van der Waals surface area contributed by atoms with Crippen LogP contribution >= 0.6 is 11.6 Å². The van der Waals surface area contributed by atoms with Crippen LogP contribution < -0.4 is 0 Å². The molecule has 154 valence electrons. The minimum atomic E-state index is -3.70. The van der Waals surface area contributed by atoms with Crippen molar-refractivity contribution in [2.45, 2.75) is 56.6 Å². The summed E-state index contributed by atoms with van der Waals surface area (Å²) in [5.41, 5.74) is -0.611. The third kappa shape index (κ3) is 8.97. The van der Waals surface area contributed by atoms with Gasteiger partial charge >= 0.3 is 12.1 Å². The Morgan fingerprint density at radius 2 is 1.82 bits per heavy atom. The molecule has 0 saturated carbocycles. The van der Waals surface area contributed by atoms with Crippen molar-refractivity contribution < 1.29 is 27.5 Å². The van der Waals surface area contributed by atoms with Crippen LogP contribution in [0.3, 0.4) is 0 Å². The van der Waals surface area contributed by atoms with E-state index in [-0.39, 0.29) is 30.2 Å². The summed E-state index contributed by atoms with van der Waals surface area (Å²) in [5.74, 6) is -0.850. The number of benzene rings is 1. The fourth-order valence-corrected chi connectivity index (χ4v) is 3.86. The standard InChI is InChI=1S/C18H25BClNO6S/c1-18(2,3)27-16(22)11-7-8-14(26-17(23)21(19)13-20)12-28(24,25)15-9-5-4-6-10-15/h4-6,9-10,14H,7-8,11-13H2,1-3H3. The van der Waals surface area contributed by atoms with E-state index in [1.807, 2.05) is 0 Å². The van der Waals surface area contributed by atoms with Crippen molar-refractivity contribution in [1.82, 2.24) is 4.81 Å². The maximum absolute atomic E-state index is 12.6. The molecule has 0 spiro atoms. The molecular formula is C18H25BClNO6S. The Bertz CT molecular complexity index is 751. The van der Waals surface area contributed by atoms with E-state index in [1.54, 1.807) is 39.0 Å². The van der Waals surface area contributed by atoms with Crippen molar-refractivity contribution in [2.75, 3.05) is 11.8 Å². The van der Waals surface area contributed by atoms with Crippen LogP contribution in [-0.4, -0.2) is 56.7 Å². The molecule has 1 rings (SSSR count). The molecule has 0 heterocycles. The van der Waals surface area contributed by atoms with E-state index < -0.39 is 39.4 Å². The van der Waals surface area contributed by atoms with Crippen molar-refractivity contribution in [3.8, 4) is 0 Å². The number of sulfone groups is 1. The average Bonchev–Trinajstić information content (AvgIpc) is 2.59. The number of amides is 1. The molecule has 7 nitrogen and oxygen atoms in total. The van der Waals surface area contributed by atoms with Crippen molar-refractivity contribution >= 4 is 41.5 Å². The lowest BCUT2D eigenvalue weighted by Gasteiger charge is -2.22. The highest BCUT2D eigenvalue weighted by atomic mass is 35.5. The first kappa shape index (κ1) is 24.3. The molecule has 1 aromatic carbocycles. The Morgan fingerprint density at radius 1 is 1.21 bits per heavy atom. The number of rotatable bonds is 9. The molecule has 0 saturated heterocycles. The Kier molecular flexibility index (Phi) is 9.30. The molecule has 1 amide bonds. The molecule has 0 aliphatic carbocycles. The summed E-state index contributed by atoms with van der Waals surface area (Å²) in [6.45, 7) is 5.26. The molecule has 10 heteroatoms. The van der Waals surface area contributed by atoms with E-state index in [0.717, 1.165) is 0 Å². The molecule has 0 aliphatic heterocycles. The van der Waals surface area contributed by atoms with Crippen LogP contribution in [0.5, 0.6) is 0 Å². The number of alkyl halides is 1. The second-order valence-corrected chi connectivity index (χ2v) is 9.44. The van der Waals surface area contributed by atoms with E-state index in [1.165, 1.54) is 12.1 Å². The predicted molar refractivity (Wildman–Crippen MR) is 107 cm³/mol. The maximum atomic E-state index is 12.6. The van der Waals surface area contributed by atoms with Crippen LogP contribution in [0.15, 0.2) is 35.2 Å². The van der Waals surface area contributed by atoms with Gasteiger partial charge in [-0.25, -0.2) is 13.2 Å². The van der Waals surface area contributed by atoms with E-state index >= 15 is 0 Å². The predicted octanol–water partition coefficient (Wildman–Crippen LogP) is 3.06. The molecule has 1 unspecified atom stereocenters. The smallest absolute Gasteiger partial charge is 0.397 e. The second kappa shape index (κ2) is 10.7. The Balaban J connectivity index is 2.79. The van der Waals surface area contributed by atoms with Crippen molar-refractivity contribution in [2.24, 2.45) is 0 Å². The molecule has 1 atom stereocenters.